The first-order valence-corrected chi connectivity index (χ1v) is 10.1. The molecular formula is C21H15ClN2O3S. The van der Waals surface area contributed by atoms with Gasteiger partial charge >= 0.3 is 0 Å². The first kappa shape index (κ1) is 17.4. The third kappa shape index (κ3) is 2.64. The van der Waals surface area contributed by atoms with Gasteiger partial charge in [0.1, 0.15) is 12.0 Å². The third-order valence-electron chi connectivity index (χ3n) is 5.05. The molecular weight excluding hydrogens is 396 g/mol. The van der Waals surface area contributed by atoms with Crippen LogP contribution in [0.15, 0.2) is 72.1 Å². The number of hydrogen-bond donors (Lipinski definition) is 0. The number of imide groups is 1. The number of rotatable bonds is 3. The van der Waals surface area contributed by atoms with Gasteiger partial charge in [0, 0.05) is 9.90 Å². The summed E-state index contributed by atoms with van der Waals surface area (Å²) in [5.74, 6) is -1.18. The minimum Gasteiger partial charge on any atom is -0.273 e. The molecule has 3 aromatic rings. The fourth-order valence-corrected chi connectivity index (χ4v) is 4.79. The molecule has 0 spiro atoms. The zero-order valence-electron chi connectivity index (χ0n) is 14.6. The van der Waals surface area contributed by atoms with Crippen molar-refractivity contribution in [1.29, 1.82) is 0 Å². The molecule has 7 heteroatoms. The van der Waals surface area contributed by atoms with E-state index in [1.165, 1.54) is 4.90 Å². The molecule has 2 amide bonds. The number of amides is 2. The van der Waals surface area contributed by atoms with Crippen LogP contribution in [0.5, 0.6) is 0 Å². The van der Waals surface area contributed by atoms with Crippen molar-refractivity contribution in [2.45, 2.75) is 12.1 Å². The van der Waals surface area contributed by atoms with E-state index in [4.69, 9.17) is 16.4 Å². The average molecular weight is 411 g/mol. The van der Waals surface area contributed by atoms with E-state index in [-0.39, 0.29) is 17.9 Å². The van der Waals surface area contributed by atoms with Crippen molar-refractivity contribution in [3.05, 3.63) is 82.0 Å². The lowest BCUT2D eigenvalue weighted by molar-refractivity contribution is -0.126. The highest BCUT2D eigenvalue weighted by atomic mass is 35.5. The second kappa shape index (κ2) is 6.74. The Bertz CT molecular complexity index is 1020. The molecule has 2 aliphatic rings. The van der Waals surface area contributed by atoms with E-state index in [2.05, 4.69) is 0 Å². The number of hydroxylamine groups is 1. The smallest absolute Gasteiger partial charge is 0.266 e. The van der Waals surface area contributed by atoms with Gasteiger partial charge in [0.2, 0.25) is 5.91 Å². The van der Waals surface area contributed by atoms with E-state index in [0.29, 0.717) is 10.7 Å². The van der Waals surface area contributed by atoms with Crippen molar-refractivity contribution < 1.29 is 14.4 Å². The minimum absolute atomic E-state index is 0.240. The molecule has 0 bridgehead atoms. The summed E-state index contributed by atoms with van der Waals surface area (Å²) in [5, 5.41) is 4.24. The van der Waals surface area contributed by atoms with Gasteiger partial charge in [-0.3, -0.25) is 14.4 Å². The lowest BCUT2D eigenvalue weighted by atomic mass is 9.95. The summed E-state index contributed by atoms with van der Waals surface area (Å²) >= 11 is 7.55. The number of nitrogens with zero attached hydrogens (tertiary/aromatic N) is 2. The third-order valence-corrected chi connectivity index (χ3v) is 6.24. The van der Waals surface area contributed by atoms with Crippen molar-refractivity contribution >= 4 is 46.1 Å². The number of thiophene rings is 1. The van der Waals surface area contributed by atoms with Crippen molar-refractivity contribution in [2.75, 3.05) is 9.96 Å². The number of benzene rings is 2. The van der Waals surface area contributed by atoms with Crippen LogP contribution in [0.1, 0.15) is 10.9 Å². The molecule has 140 valence electrons. The number of halogens is 1. The Kier molecular flexibility index (Phi) is 4.19. The van der Waals surface area contributed by atoms with Crippen LogP contribution in [0.25, 0.3) is 0 Å². The molecule has 0 aliphatic carbocycles. The second-order valence-electron chi connectivity index (χ2n) is 6.66. The molecule has 5 rings (SSSR count). The summed E-state index contributed by atoms with van der Waals surface area (Å²) in [5.41, 5.74) is 1.32. The molecule has 28 heavy (non-hydrogen) atoms. The van der Waals surface area contributed by atoms with Gasteiger partial charge in [0.25, 0.3) is 5.91 Å². The average Bonchev–Trinajstić information content (AvgIpc) is 3.41. The van der Waals surface area contributed by atoms with Gasteiger partial charge < -0.3 is 0 Å². The number of anilines is 2. The van der Waals surface area contributed by atoms with E-state index in [1.807, 2.05) is 47.8 Å². The summed E-state index contributed by atoms with van der Waals surface area (Å²) < 4.78 is 0. The number of para-hydroxylation sites is 1. The first-order valence-electron chi connectivity index (χ1n) is 8.83. The number of carbonyl (C=O) groups is 2. The predicted octanol–water partition coefficient (Wildman–Crippen LogP) is 4.45. The van der Waals surface area contributed by atoms with Gasteiger partial charge in [-0.25, -0.2) is 9.96 Å². The zero-order chi connectivity index (χ0) is 19.3. The van der Waals surface area contributed by atoms with Gasteiger partial charge in [0.15, 0.2) is 6.10 Å². The molecule has 0 saturated carbocycles. The SMILES string of the molecule is O=C1C2ON(c3ccc(Cl)cc3)C(c3cccs3)C2C(=O)N1c1ccccc1. The summed E-state index contributed by atoms with van der Waals surface area (Å²) in [6, 6.07) is 19.7. The Balaban J connectivity index is 1.57. The van der Waals surface area contributed by atoms with Crippen molar-refractivity contribution in [3.63, 3.8) is 0 Å². The monoisotopic (exact) mass is 410 g/mol. The van der Waals surface area contributed by atoms with Gasteiger partial charge in [-0.15, -0.1) is 11.3 Å². The Morgan fingerprint density at radius 1 is 0.857 bits per heavy atom. The fourth-order valence-electron chi connectivity index (χ4n) is 3.81. The van der Waals surface area contributed by atoms with Gasteiger partial charge in [-0.1, -0.05) is 35.9 Å². The number of fused-ring (bicyclic) bond motifs is 1. The van der Waals surface area contributed by atoms with Crippen LogP contribution in [-0.2, 0) is 14.4 Å². The minimum atomic E-state index is -0.851. The lowest BCUT2D eigenvalue weighted by Crippen LogP contribution is -2.37. The van der Waals surface area contributed by atoms with Crippen LogP contribution < -0.4 is 9.96 Å². The summed E-state index contributed by atoms with van der Waals surface area (Å²) in [7, 11) is 0. The highest BCUT2D eigenvalue weighted by Crippen LogP contribution is 2.48. The molecule has 3 heterocycles. The van der Waals surface area contributed by atoms with Crippen LogP contribution in [-0.4, -0.2) is 17.9 Å². The Morgan fingerprint density at radius 2 is 1.61 bits per heavy atom. The number of carbonyl (C=O) groups excluding carboxylic acids is 2. The van der Waals surface area contributed by atoms with Gasteiger partial charge in [-0.2, -0.15) is 0 Å². The zero-order valence-corrected chi connectivity index (χ0v) is 16.1. The maximum absolute atomic E-state index is 13.3. The maximum Gasteiger partial charge on any atom is 0.266 e. The topological polar surface area (TPSA) is 49.9 Å². The van der Waals surface area contributed by atoms with E-state index in [9.17, 15) is 9.59 Å². The molecule has 2 aliphatic heterocycles. The highest BCUT2D eigenvalue weighted by Gasteiger charge is 2.60. The van der Waals surface area contributed by atoms with Crippen molar-refractivity contribution in [3.8, 4) is 0 Å². The molecule has 1 aromatic heterocycles. The van der Waals surface area contributed by atoms with E-state index >= 15 is 0 Å². The molecule has 2 saturated heterocycles. The largest absolute Gasteiger partial charge is 0.273 e. The Labute approximate surface area is 170 Å². The molecule has 5 nitrogen and oxygen atoms in total. The van der Waals surface area contributed by atoms with Gasteiger partial charge in [-0.05, 0) is 47.8 Å². The highest BCUT2D eigenvalue weighted by molar-refractivity contribution is 7.10. The maximum atomic E-state index is 13.3. The van der Waals surface area contributed by atoms with Crippen LogP contribution in [0, 0.1) is 5.92 Å². The van der Waals surface area contributed by atoms with Crippen LogP contribution in [0.4, 0.5) is 11.4 Å². The van der Waals surface area contributed by atoms with Crippen molar-refractivity contribution in [1.82, 2.24) is 0 Å². The summed E-state index contributed by atoms with van der Waals surface area (Å²) in [6.07, 6.45) is -0.851. The molecule has 0 N–H and O–H groups in total. The Hall–Kier alpha value is -2.67. The molecule has 2 fully saturated rings. The molecule has 3 unspecified atom stereocenters. The first-order chi connectivity index (χ1) is 13.6. The van der Waals surface area contributed by atoms with E-state index in [0.717, 1.165) is 10.6 Å². The van der Waals surface area contributed by atoms with E-state index < -0.39 is 12.0 Å². The Morgan fingerprint density at radius 3 is 2.29 bits per heavy atom. The summed E-state index contributed by atoms with van der Waals surface area (Å²) in [6.45, 7) is 0. The fraction of sp³-hybridized carbons (Fsp3) is 0.143. The van der Waals surface area contributed by atoms with Crippen LogP contribution in [0.2, 0.25) is 5.02 Å². The standard InChI is InChI=1S/C21H15ClN2O3S/c22-13-8-10-15(11-9-13)24-18(16-7-4-12-28-16)17-19(27-24)21(26)23(20(17)25)14-5-2-1-3-6-14/h1-12,17-19H. The molecule has 3 atom stereocenters. The van der Waals surface area contributed by atoms with Gasteiger partial charge in [0.05, 0.1) is 11.4 Å². The van der Waals surface area contributed by atoms with Crippen LogP contribution in [0.3, 0.4) is 0 Å². The quantitative estimate of drug-likeness (QED) is 0.598. The van der Waals surface area contributed by atoms with E-state index in [1.54, 1.807) is 40.7 Å². The lowest BCUT2D eigenvalue weighted by Gasteiger charge is -2.27. The summed E-state index contributed by atoms with van der Waals surface area (Å²) in [4.78, 5) is 34.7. The van der Waals surface area contributed by atoms with Crippen LogP contribution >= 0.6 is 22.9 Å². The van der Waals surface area contributed by atoms with Crippen molar-refractivity contribution in [2.24, 2.45) is 5.92 Å². The normalized spacial score (nSPS) is 24.1. The second-order valence-corrected chi connectivity index (χ2v) is 8.08. The molecule has 0 radical (unpaired) electrons. The molecule has 2 aromatic carbocycles. The number of hydrogen-bond acceptors (Lipinski definition) is 5. The predicted molar refractivity (Wildman–Crippen MR) is 108 cm³/mol.